The van der Waals surface area contributed by atoms with E-state index in [-0.39, 0.29) is 0 Å². The fourth-order valence-corrected chi connectivity index (χ4v) is 2.43. The molecule has 4 nitrogen and oxygen atoms in total. The lowest BCUT2D eigenvalue weighted by molar-refractivity contribution is 0.249. The summed E-state index contributed by atoms with van der Waals surface area (Å²) in [5.41, 5.74) is 9.81. The molecule has 88 valence electrons. The van der Waals surface area contributed by atoms with E-state index in [0.29, 0.717) is 19.0 Å². The number of alkyl halides is 1. The van der Waals surface area contributed by atoms with Gasteiger partial charge < -0.3 is 20.3 Å². The highest BCUT2D eigenvalue weighted by atomic mass is 35.5. The Bertz CT molecular complexity index is 114. The summed E-state index contributed by atoms with van der Waals surface area (Å²) in [6.45, 7) is 3.24. The summed E-state index contributed by atoms with van der Waals surface area (Å²) >= 11 is 5.53. The Morgan fingerprint density at radius 2 is 1.57 bits per heavy atom. The summed E-state index contributed by atoms with van der Waals surface area (Å²) in [6.07, 6.45) is 0.978. The van der Waals surface area contributed by atoms with Crippen molar-refractivity contribution in [1.82, 2.24) is 0 Å². The molecule has 0 aliphatic heterocycles. The summed E-state index contributed by atoms with van der Waals surface area (Å²) in [4.78, 5) is 0. The number of hydrogen-bond acceptors (Lipinski definition) is 4. The van der Waals surface area contributed by atoms with Crippen LogP contribution in [-0.4, -0.2) is 41.8 Å². The van der Waals surface area contributed by atoms with Gasteiger partial charge in [0.2, 0.25) is 0 Å². The minimum Gasteiger partial charge on any atom is -0.398 e. The largest absolute Gasteiger partial charge is 0.398 e. The zero-order valence-electron chi connectivity index (χ0n) is 9.38. The smallest absolute Gasteiger partial charge is 0.334 e. The van der Waals surface area contributed by atoms with Crippen molar-refractivity contribution in [3.05, 3.63) is 0 Å². The maximum absolute atomic E-state index is 5.53. The number of nitrogens with two attached hydrogens (primary N) is 2. The van der Waals surface area contributed by atoms with Gasteiger partial charge in [0.15, 0.2) is 0 Å². The van der Waals surface area contributed by atoms with Gasteiger partial charge >= 0.3 is 8.56 Å². The molecule has 0 radical (unpaired) electrons. The van der Waals surface area contributed by atoms with Crippen molar-refractivity contribution in [2.75, 3.05) is 33.2 Å². The topological polar surface area (TPSA) is 70.5 Å². The Balaban J connectivity index is 0. The summed E-state index contributed by atoms with van der Waals surface area (Å²) in [6, 6.07) is 0.976. The van der Waals surface area contributed by atoms with Crippen molar-refractivity contribution in [3.8, 4) is 0 Å². The van der Waals surface area contributed by atoms with E-state index in [1.165, 1.54) is 0 Å². The molecule has 0 atom stereocenters. The SMILES string of the molecule is CO[Si](C)(CCCCl)OC.NCCN. The molecule has 14 heavy (non-hydrogen) atoms. The third-order valence-corrected chi connectivity index (χ3v) is 5.05. The summed E-state index contributed by atoms with van der Waals surface area (Å²) in [7, 11) is 1.59. The van der Waals surface area contributed by atoms with E-state index in [1.54, 1.807) is 14.2 Å². The molecular weight excluding hydrogens is 220 g/mol. The van der Waals surface area contributed by atoms with Crippen LogP contribution in [0.4, 0.5) is 0 Å². The van der Waals surface area contributed by atoms with E-state index in [4.69, 9.17) is 31.9 Å². The fraction of sp³-hybridized carbons (Fsp3) is 1.00. The van der Waals surface area contributed by atoms with Crippen LogP contribution in [0, 0.1) is 0 Å². The van der Waals surface area contributed by atoms with Gasteiger partial charge in [0.25, 0.3) is 0 Å². The molecule has 0 spiro atoms. The first-order valence-corrected chi connectivity index (χ1v) is 7.72. The van der Waals surface area contributed by atoms with Gasteiger partial charge in [0.1, 0.15) is 0 Å². The van der Waals surface area contributed by atoms with Crippen LogP contribution in [0.15, 0.2) is 0 Å². The Morgan fingerprint density at radius 3 is 1.79 bits per heavy atom. The second-order valence-electron chi connectivity index (χ2n) is 2.91. The first-order chi connectivity index (χ1) is 6.60. The molecule has 6 heteroatoms. The average Bonchev–Trinajstić information content (AvgIpc) is 2.26. The van der Waals surface area contributed by atoms with Crippen molar-refractivity contribution in [3.63, 3.8) is 0 Å². The van der Waals surface area contributed by atoms with Crippen LogP contribution >= 0.6 is 11.6 Å². The van der Waals surface area contributed by atoms with Crippen molar-refractivity contribution < 1.29 is 8.85 Å². The zero-order chi connectivity index (χ0) is 11.4. The monoisotopic (exact) mass is 242 g/mol. The molecule has 4 N–H and O–H groups in total. The van der Waals surface area contributed by atoms with Crippen molar-refractivity contribution >= 4 is 20.2 Å². The van der Waals surface area contributed by atoms with E-state index in [9.17, 15) is 0 Å². The highest BCUT2D eigenvalue weighted by Gasteiger charge is 2.27. The maximum atomic E-state index is 5.53. The Hall–Kier alpha value is 0.347. The Morgan fingerprint density at radius 1 is 1.14 bits per heavy atom. The summed E-state index contributed by atoms with van der Waals surface area (Å²) in [5.74, 6) is 0.690. The van der Waals surface area contributed by atoms with Crippen molar-refractivity contribution in [2.24, 2.45) is 11.5 Å². The molecule has 0 saturated heterocycles. The van der Waals surface area contributed by atoms with E-state index in [2.05, 4.69) is 0 Å². The molecule has 0 aliphatic carbocycles. The van der Waals surface area contributed by atoms with E-state index < -0.39 is 8.56 Å². The van der Waals surface area contributed by atoms with Gasteiger partial charge in [-0.15, -0.1) is 11.6 Å². The van der Waals surface area contributed by atoms with Crippen LogP contribution in [0.1, 0.15) is 6.42 Å². The normalized spacial score (nSPS) is 10.7. The molecular formula is C8H23ClN2O2Si. The maximum Gasteiger partial charge on any atom is 0.334 e. The van der Waals surface area contributed by atoms with E-state index >= 15 is 0 Å². The summed E-state index contributed by atoms with van der Waals surface area (Å²) in [5, 5.41) is 0. The van der Waals surface area contributed by atoms with Gasteiger partial charge in [0.05, 0.1) is 0 Å². The fourth-order valence-electron chi connectivity index (χ4n) is 0.675. The highest BCUT2D eigenvalue weighted by molar-refractivity contribution is 6.65. The van der Waals surface area contributed by atoms with E-state index in [1.807, 2.05) is 6.55 Å². The molecule has 0 aliphatic rings. The molecule has 0 heterocycles. The molecule has 0 aromatic carbocycles. The van der Waals surface area contributed by atoms with Gasteiger partial charge in [-0.1, -0.05) is 0 Å². The van der Waals surface area contributed by atoms with Crippen molar-refractivity contribution in [2.45, 2.75) is 19.0 Å². The van der Waals surface area contributed by atoms with Gasteiger partial charge in [-0.05, 0) is 19.0 Å². The van der Waals surface area contributed by atoms with Gasteiger partial charge in [-0.2, -0.15) is 0 Å². The standard InChI is InChI=1S/C6H15ClO2Si.C2H8N2/c1-8-10(3,9-2)6-4-5-7;3-1-2-4/h4-6H2,1-3H3;1-4H2. The highest BCUT2D eigenvalue weighted by Crippen LogP contribution is 2.13. The molecule has 0 aromatic rings. The number of rotatable bonds is 6. The molecule has 0 bridgehead atoms. The van der Waals surface area contributed by atoms with Gasteiger partial charge in [-0.25, -0.2) is 0 Å². The van der Waals surface area contributed by atoms with Crippen LogP contribution in [0.3, 0.4) is 0 Å². The Labute approximate surface area is 93.1 Å². The summed E-state index contributed by atoms with van der Waals surface area (Å²) < 4.78 is 10.5. The quantitative estimate of drug-likeness (QED) is 0.536. The molecule has 0 rings (SSSR count). The van der Waals surface area contributed by atoms with Gasteiger partial charge in [0, 0.05) is 33.2 Å². The van der Waals surface area contributed by atoms with Crippen LogP contribution in [-0.2, 0) is 8.85 Å². The zero-order valence-corrected chi connectivity index (χ0v) is 11.1. The lowest BCUT2D eigenvalue weighted by Crippen LogP contribution is -2.35. The molecule has 0 unspecified atom stereocenters. The van der Waals surface area contributed by atoms with Crippen LogP contribution in [0.5, 0.6) is 0 Å². The Kier molecular flexibility index (Phi) is 13.7. The molecule has 0 fully saturated rings. The predicted molar refractivity (Wildman–Crippen MR) is 63.9 cm³/mol. The second-order valence-corrected chi connectivity index (χ2v) is 6.87. The predicted octanol–water partition coefficient (Wildman–Crippen LogP) is 0.884. The molecule has 0 amide bonds. The first-order valence-electron chi connectivity index (χ1n) is 4.66. The molecule has 0 saturated carbocycles. The minimum atomic E-state index is -1.80. The van der Waals surface area contributed by atoms with E-state index in [0.717, 1.165) is 12.5 Å². The lowest BCUT2D eigenvalue weighted by Gasteiger charge is -2.21. The third-order valence-electron chi connectivity index (χ3n) is 1.79. The van der Waals surface area contributed by atoms with Crippen LogP contribution in [0.25, 0.3) is 0 Å². The van der Waals surface area contributed by atoms with Crippen molar-refractivity contribution in [1.29, 1.82) is 0 Å². The van der Waals surface area contributed by atoms with Crippen LogP contribution in [0.2, 0.25) is 12.6 Å². The third kappa shape index (κ3) is 10.4. The second kappa shape index (κ2) is 11.4. The number of hydrogen-bond donors (Lipinski definition) is 2. The molecule has 0 aromatic heterocycles. The minimum absolute atomic E-state index is 0.597. The average molecular weight is 243 g/mol. The lowest BCUT2D eigenvalue weighted by atomic mass is 10.6. The number of halogens is 1. The van der Waals surface area contributed by atoms with Crippen LogP contribution < -0.4 is 11.5 Å². The first kappa shape index (κ1) is 16.8. The van der Waals surface area contributed by atoms with Gasteiger partial charge in [-0.3, -0.25) is 0 Å².